The molecule has 0 aliphatic carbocycles. The summed E-state index contributed by atoms with van der Waals surface area (Å²) in [7, 11) is 3.21. The van der Waals surface area contributed by atoms with E-state index in [2.05, 4.69) is 13.8 Å². The number of benzene rings is 1. The first kappa shape index (κ1) is 13.8. The van der Waals surface area contributed by atoms with E-state index >= 15 is 0 Å². The normalized spacial score (nSPS) is 14.5. The van der Waals surface area contributed by atoms with Crippen LogP contribution in [0.25, 0.3) is 0 Å². The summed E-state index contributed by atoms with van der Waals surface area (Å²) >= 11 is 0. The molecular formula is C14H22O3. The predicted molar refractivity (Wildman–Crippen MR) is 68.5 cm³/mol. The van der Waals surface area contributed by atoms with E-state index < -0.39 is 6.10 Å². The van der Waals surface area contributed by atoms with E-state index in [1.165, 1.54) is 0 Å². The van der Waals surface area contributed by atoms with Crippen molar-refractivity contribution in [2.45, 2.75) is 26.9 Å². The maximum Gasteiger partial charge on any atom is 0.128 e. The highest BCUT2D eigenvalue weighted by Crippen LogP contribution is 2.35. The van der Waals surface area contributed by atoms with Crippen molar-refractivity contribution in [2.75, 3.05) is 14.2 Å². The number of hydrogen-bond donors (Lipinski definition) is 1. The first-order valence-electron chi connectivity index (χ1n) is 5.91. The fraction of sp³-hybridized carbons (Fsp3) is 0.571. The Morgan fingerprint density at radius 1 is 1.06 bits per heavy atom. The zero-order valence-electron chi connectivity index (χ0n) is 11.2. The molecule has 3 nitrogen and oxygen atoms in total. The van der Waals surface area contributed by atoms with Crippen molar-refractivity contribution >= 4 is 0 Å². The predicted octanol–water partition coefficient (Wildman–Crippen LogP) is 3.03. The van der Waals surface area contributed by atoms with E-state index in [9.17, 15) is 5.11 Å². The molecule has 2 unspecified atom stereocenters. The number of aliphatic hydroxyl groups is 1. The van der Waals surface area contributed by atoms with Crippen molar-refractivity contribution in [1.29, 1.82) is 0 Å². The van der Waals surface area contributed by atoms with Crippen molar-refractivity contribution < 1.29 is 14.6 Å². The second-order valence-electron chi connectivity index (χ2n) is 4.66. The molecule has 0 amide bonds. The lowest BCUT2D eigenvalue weighted by Crippen LogP contribution is -2.15. The van der Waals surface area contributed by atoms with Crippen LogP contribution in [-0.2, 0) is 0 Å². The van der Waals surface area contributed by atoms with E-state index in [0.29, 0.717) is 11.7 Å². The van der Waals surface area contributed by atoms with Gasteiger partial charge in [-0.3, -0.25) is 0 Å². The molecule has 0 spiro atoms. The lowest BCUT2D eigenvalue weighted by Gasteiger charge is -2.24. The topological polar surface area (TPSA) is 38.7 Å². The summed E-state index contributed by atoms with van der Waals surface area (Å²) < 4.78 is 10.4. The maximum atomic E-state index is 10.3. The van der Waals surface area contributed by atoms with Gasteiger partial charge in [0.1, 0.15) is 11.5 Å². The molecular weight excluding hydrogens is 216 g/mol. The second kappa shape index (κ2) is 5.92. The third-order valence-electron chi connectivity index (χ3n) is 3.31. The zero-order valence-corrected chi connectivity index (χ0v) is 11.2. The summed E-state index contributed by atoms with van der Waals surface area (Å²) in [6, 6.07) is 5.50. The molecule has 0 fully saturated rings. The number of hydrogen-bond acceptors (Lipinski definition) is 3. The Bertz CT molecular complexity index is 360. The third kappa shape index (κ3) is 3.13. The average molecular weight is 238 g/mol. The molecule has 0 radical (unpaired) electrons. The third-order valence-corrected chi connectivity index (χ3v) is 3.31. The lowest BCUT2D eigenvalue weighted by atomic mass is 9.88. The smallest absolute Gasteiger partial charge is 0.128 e. The van der Waals surface area contributed by atoms with Crippen molar-refractivity contribution in [3.05, 3.63) is 23.8 Å². The summed E-state index contributed by atoms with van der Waals surface area (Å²) in [5, 5.41) is 10.3. The molecule has 17 heavy (non-hydrogen) atoms. The van der Waals surface area contributed by atoms with Crippen LogP contribution in [0.3, 0.4) is 0 Å². The van der Waals surface area contributed by atoms with Crippen molar-refractivity contribution in [2.24, 2.45) is 11.8 Å². The van der Waals surface area contributed by atoms with Crippen LogP contribution < -0.4 is 9.47 Å². The minimum Gasteiger partial charge on any atom is -0.497 e. The second-order valence-corrected chi connectivity index (χ2v) is 4.66. The fourth-order valence-electron chi connectivity index (χ4n) is 1.71. The fourth-order valence-corrected chi connectivity index (χ4v) is 1.71. The van der Waals surface area contributed by atoms with Crippen LogP contribution in [0.2, 0.25) is 0 Å². The van der Waals surface area contributed by atoms with Crippen LogP contribution in [0.15, 0.2) is 18.2 Å². The highest BCUT2D eigenvalue weighted by molar-refractivity contribution is 5.42. The SMILES string of the molecule is COc1ccc(C(O)C(C)C(C)C)c(OC)c1. The van der Waals surface area contributed by atoms with Crippen LogP contribution in [-0.4, -0.2) is 19.3 Å². The first-order chi connectivity index (χ1) is 8.01. The summed E-state index contributed by atoms with van der Waals surface area (Å²) in [5.41, 5.74) is 0.814. The molecule has 0 bridgehead atoms. The summed E-state index contributed by atoms with van der Waals surface area (Å²) in [5.74, 6) is 1.99. The lowest BCUT2D eigenvalue weighted by molar-refractivity contribution is 0.0895. The van der Waals surface area contributed by atoms with Crippen molar-refractivity contribution in [3.8, 4) is 11.5 Å². The molecule has 0 heterocycles. The Morgan fingerprint density at radius 2 is 1.71 bits per heavy atom. The van der Waals surface area contributed by atoms with Crippen molar-refractivity contribution in [1.82, 2.24) is 0 Å². The number of aliphatic hydroxyl groups excluding tert-OH is 1. The minimum atomic E-state index is -0.518. The van der Waals surface area contributed by atoms with Gasteiger partial charge in [-0.1, -0.05) is 20.8 Å². The van der Waals surface area contributed by atoms with Crippen LogP contribution >= 0.6 is 0 Å². The first-order valence-corrected chi connectivity index (χ1v) is 5.91. The van der Waals surface area contributed by atoms with Crippen LogP contribution in [0.4, 0.5) is 0 Å². The number of ether oxygens (including phenoxy) is 2. The highest BCUT2D eigenvalue weighted by atomic mass is 16.5. The standard InChI is InChI=1S/C14H22O3/c1-9(2)10(3)14(15)12-7-6-11(16-4)8-13(12)17-5/h6-10,14-15H,1-5H3. The van der Waals surface area contributed by atoms with Crippen LogP contribution in [0.1, 0.15) is 32.4 Å². The molecule has 0 saturated heterocycles. The van der Waals surface area contributed by atoms with Gasteiger partial charge in [-0.05, 0) is 24.0 Å². The zero-order chi connectivity index (χ0) is 13.0. The largest absolute Gasteiger partial charge is 0.497 e. The molecule has 1 N–H and O–H groups in total. The van der Waals surface area contributed by atoms with Crippen molar-refractivity contribution in [3.63, 3.8) is 0 Å². The molecule has 3 heteroatoms. The molecule has 0 aliphatic rings. The Balaban J connectivity index is 3.04. The van der Waals surface area contributed by atoms with Gasteiger partial charge >= 0.3 is 0 Å². The van der Waals surface area contributed by atoms with E-state index in [1.807, 2.05) is 19.1 Å². The Morgan fingerprint density at radius 3 is 2.18 bits per heavy atom. The monoisotopic (exact) mass is 238 g/mol. The van der Waals surface area contributed by atoms with Gasteiger partial charge in [0.2, 0.25) is 0 Å². The van der Waals surface area contributed by atoms with Gasteiger partial charge in [0, 0.05) is 11.6 Å². The molecule has 1 aromatic rings. The average Bonchev–Trinajstić information content (AvgIpc) is 2.35. The molecule has 0 aliphatic heterocycles. The van der Waals surface area contributed by atoms with Gasteiger partial charge in [-0.2, -0.15) is 0 Å². The van der Waals surface area contributed by atoms with Crippen LogP contribution in [0.5, 0.6) is 11.5 Å². The van der Waals surface area contributed by atoms with Gasteiger partial charge in [0.15, 0.2) is 0 Å². The number of rotatable bonds is 5. The number of methoxy groups -OCH3 is 2. The molecule has 0 saturated carbocycles. The maximum absolute atomic E-state index is 10.3. The van der Waals surface area contributed by atoms with Gasteiger partial charge in [-0.25, -0.2) is 0 Å². The van der Waals surface area contributed by atoms with Crippen LogP contribution in [0, 0.1) is 11.8 Å². The Hall–Kier alpha value is -1.22. The van der Waals surface area contributed by atoms with Gasteiger partial charge in [0.25, 0.3) is 0 Å². The molecule has 1 aromatic carbocycles. The summed E-state index contributed by atoms with van der Waals surface area (Å²) in [6.07, 6.45) is -0.518. The van der Waals surface area contributed by atoms with Gasteiger partial charge in [-0.15, -0.1) is 0 Å². The molecule has 0 aromatic heterocycles. The van der Waals surface area contributed by atoms with E-state index in [4.69, 9.17) is 9.47 Å². The highest BCUT2D eigenvalue weighted by Gasteiger charge is 2.22. The minimum absolute atomic E-state index is 0.178. The molecule has 2 atom stereocenters. The van der Waals surface area contributed by atoms with Gasteiger partial charge in [0.05, 0.1) is 20.3 Å². The summed E-state index contributed by atoms with van der Waals surface area (Å²) in [6.45, 7) is 6.24. The summed E-state index contributed by atoms with van der Waals surface area (Å²) in [4.78, 5) is 0. The van der Waals surface area contributed by atoms with E-state index in [0.717, 1.165) is 11.3 Å². The quantitative estimate of drug-likeness (QED) is 0.857. The molecule has 96 valence electrons. The van der Waals surface area contributed by atoms with Gasteiger partial charge < -0.3 is 14.6 Å². The van der Waals surface area contributed by atoms with E-state index in [-0.39, 0.29) is 5.92 Å². The van der Waals surface area contributed by atoms with E-state index in [1.54, 1.807) is 20.3 Å². The Kier molecular flexibility index (Phi) is 4.82. The molecule has 1 rings (SSSR count). The Labute approximate surface area is 103 Å².